The molecule has 0 atom stereocenters. The largest absolute Gasteiger partial charge is 0.364 e. The highest BCUT2D eigenvalue weighted by molar-refractivity contribution is 6.00. The minimum atomic E-state index is -0.671. The second-order valence-electron chi connectivity index (χ2n) is 5.28. The fourth-order valence-electron chi connectivity index (χ4n) is 2.38. The molecule has 3 rings (SSSR count). The van der Waals surface area contributed by atoms with E-state index in [9.17, 15) is 9.59 Å². The zero-order chi connectivity index (χ0) is 16.9. The summed E-state index contributed by atoms with van der Waals surface area (Å²) in [6.45, 7) is 0. The van der Waals surface area contributed by atoms with Crippen molar-refractivity contribution < 1.29 is 9.59 Å². The number of primary amides is 1. The Hall–Kier alpha value is -3.41. The van der Waals surface area contributed by atoms with E-state index in [0.29, 0.717) is 0 Å². The van der Waals surface area contributed by atoms with E-state index in [1.54, 1.807) is 0 Å². The number of aromatic nitrogens is 2. The molecule has 0 saturated heterocycles. The number of imidazole rings is 1. The number of benzene rings is 2. The zero-order valence-corrected chi connectivity index (χ0v) is 12.8. The van der Waals surface area contributed by atoms with Gasteiger partial charge in [0, 0.05) is 0 Å². The minimum Gasteiger partial charge on any atom is -0.364 e. The summed E-state index contributed by atoms with van der Waals surface area (Å²) < 4.78 is 0. The van der Waals surface area contributed by atoms with Crippen LogP contribution in [0.3, 0.4) is 0 Å². The minimum absolute atomic E-state index is 0.0859. The van der Waals surface area contributed by atoms with Crippen molar-refractivity contribution in [1.82, 2.24) is 9.97 Å². The fraction of sp³-hybridized carbons (Fsp3) is 0.0556. The number of amides is 2. The normalized spacial score (nSPS) is 10.3. The standard InChI is InChI=1S/C18H16N4O2/c19-17(24)16-18(21-11-20-16)22-15(23)10-12-6-8-14(9-7-12)13-4-2-1-3-5-13/h1-9,11H,10H2,(H2,19,24)(H,20,21)(H,22,23). The smallest absolute Gasteiger partial charge is 0.269 e. The summed E-state index contributed by atoms with van der Waals surface area (Å²) in [4.78, 5) is 29.8. The van der Waals surface area contributed by atoms with Gasteiger partial charge in [-0.1, -0.05) is 54.6 Å². The Balaban J connectivity index is 1.67. The van der Waals surface area contributed by atoms with Gasteiger partial charge >= 0.3 is 0 Å². The first-order valence-electron chi connectivity index (χ1n) is 7.41. The first-order valence-corrected chi connectivity index (χ1v) is 7.41. The summed E-state index contributed by atoms with van der Waals surface area (Å²) in [6, 6.07) is 17.8. The van der Waals surface area contributed by atoms with Crippen molar-refractivity contribution in [2.45, 2.75) is 6.42 Å². The fourth-order valence-corrected chi connectivity index (χ4v) is 2.38. The molecule has 6 heteroatoms. The number of rotatable bonds is 5. The van der Waals surface area contributed by atoms with Crippen LogP contribution in [0, 0.1) is 0 Å². The lowest BCUT2D eigenvalue weighted by atomic mass is 10.0. The molecule has 1 heterocycles. The Morgan fingerprint density at radius 3 is 2.33 bits per heavy atom. The lowest BCUT2D eigenvalue weighted by Gasteiger charge is -2.06. The number of nitrogens with one attached hydrogen (secondary N) is 2. The Morgan fingerprint density at radius 1 is 1.00 bits per heavy atom. The lowest BCUT2D eigenvalue weighted by molar-refractivity contribution is -0.115. The van der Waals surface area contributed by atoms with Gasteiger partial charge in [0.05, 0.1) is 12.7 Å². The summed E-state index contributed by atoms with van der Waals surface area (Å²) in [6.07, 6.45) is 1.49. The maximum atomic E-state index is 12.1. The first kappa shape index (κ1) is 15.5. The van der Waals surface area contributed by atoms with Gasteiger partial charge in [0.25, 0.3) is 5.91 Å². The van der Waals surface area contributed by atoms with Gasteiger partial charge in [-0.05, 0) is 16.7 Å². The van der Waals surface area contributed by atoms with Crippen LogP contribution in [0.1, 0.15) is 16.1 Å². The van der Waals surface area contributed by atoms with Gasteiger partial charge in [0.15, 0.2) is 5.82 Å². The summed E-state index contributed by atoms with van der Waals surface area (Å²) in [5, 5.41) is 2.58. The SMILES string of the molecule is NC(=O)c1[nH]cnc1NC(=O)Cc1ccc(-c2ccccc2)cc1. The predicted octanol–water partition coefficient (Wildman–Crippen LogP) is 2.36. The average molecular weight is 320 g/mol. The molecule has 120 valence electrons. The van der Waals surface area contributed by atoms with Crippen molar-refractivity contribution in [2.24, 2.45) is 5.73 Å². The van der Waals surface area contributed by atoms with Crippen molar-refractivity contribution in [3.05, 3.63) is 72.2 Å². The molecule has 2 aromatic carbocycles. The van der Waals surface area contributed by atoms with Gasteiger partial charge in [0.2, 0.25) is 5.91 Å². The molecule has 0 spiro atoms. The van der Waals surface area contributed by atoms with E-state index in [2.05, 4.69) is 15.3 Å². The van der Waals surface area contributed by atoms with Gasteiger partial charge in [0.1, 0.15) is 5.69 Å². The Morgan fingerprint density at radius 2 is 1.67 bits per heavy atom. The number of nitrogens with zero attached hydrogens (tertiary/aromatic N) is 1. The first-order chi connectivity index (χ1) is 11.6. The molecule has 24 heavy (non-hydrogen) atoms. The van der Waals surface area contributed by atoms with E-state index in [1.165, 1.54) is 6.33 Å². The van der Waals surface area contributed by atoms with E-state index < -0.39 is 5.91 Å². The zero-order valence-electron chi connectivity index (χ0n) is 12.8. The van der Waals surface area contributed by atoms with E-state index in [-0.39, 0.29) is 23.8 Å². The number of aromatic amines is 1. The Kier molecular flexibility index (Phi) is 4.38. The van der Waals surface area contributed by atoms with Crippen LogP contribution in [0.2, 0.25) is 0 Å². The van der Waals surface area contributed by atoms with Crippen molar-refractivity contribution in [2.75, 3.05) is 5.32 Å². The number of anilines is 1. The van der Waals surface area contributed by atoms with Crippen molar-refractivity contribution in [3.8, 4) is 11.1 Å². The second kappa shape index (κ2) is 6.78. The monoisotopic (exact) mass is 320 g/mol. The summed E-state index contributed by atoms with van der Waals surface area (Å²) >= 11 is 0. The third kappa shape index (κ3) is 3.49. The molecule has 1 aromatic heterocycles. The molecule has 0 aliphatic carbocycles. The van der Waals surface area contributed by atoms with Gasteiger partial charge in [-0.15, -0.1) is 0 Å². The van der Waals surface area contributed by atoms with Crippen molar-refractivity contribution in [1.29, 1.82) is 0 Å². The van der Waals surface area contributed by atoms with Crippen LogP contribution in [0.4, 0.5) is 5.82 Å². The van der Waals surface area contributed by atoms with E-state index in [4.69, 9.17) is 5.73 Å². The Bertz CT molecular complexity index is 854. The number of carbonyl (C=O) groups excluding carboxylic acids is 2. The summed E-state index contributed by atoms with van der Waals surface area (Å²) in [7, 11) is 0. The molecule has 0 bridgehead atoms. The van der Waals surface area contributed by atoms with Gasteiger partial charge in [-0.2, -0.15) is 0 Å². The second-order valence-corrected chi connectivity index (χ2v) is 5.28. The molecule has 4 N–H and O–H groups in total. The highest BCUT2D eigenvalue weighted by Crippen LogP contribution is 2.19. The van der Waals surface area contributed by atoms with E-state index in [1.807, 2.05) is 54.6 Å². The molecule has 3 aromatic rings. The molecule has 2 amide bonds. The maximum Gasteiger partial charge on any atom is 0.269 e. The molecule has 0 aliphatic rings. The molecule has 0 unspecified atom stereocenters. The van der Waals surface area contributed by atoms with Gasteiger partial charge < -0.3 is 16.0 Å². The quantitative estimate of drug-likeness (QED) is 0.672. The number of hydrogen-bond donors (Lipinski definition) is 3. The van der Waals surface area contributed by atoms with Crippen LogP contribution in [0.15, 0.2) is 60.9 Å². The van der Waals surface area contributed by atoms with Crippen LogP contribution in [-0.4, -0.2) is 21.8 Å². The van der Waals surface area contributed by atoms with Crippen LogP contribution < -0.4 is 11.1 Å². The molecular formula is C18H16N4O2. The molecular weight excluding hydrogens is 304 g/mol. The van der Waals surface area contributed by atoms with Gasteiger partial charge in [-0.25, -0.2) is 4.98 Å². The highest BCUT2D eigenvalue weighted by Gasteiger charge is 2.13. The van der Waals surface area contributed by atoms with Crippen LogP contribution >= 0.6 is 0 Å². The summed E-state index contributed by atoms with van der Waals surface area (Å²) in [5.41, 5.74) is 8.36. The van der Waals surface area contributed by atoms with Gasteiger partial charge in [-0.3, -0.25) is 9.59 Å². The molecule has 6 nitrogen and oxygen atoms in total. The summed E-state index contributed by atoms with van der Waals surface area (Å²) in [5.74, 6) is -0.791. The molecule has 0 radical (unpaired) electrons. The van der Waals surface area contributed by atoms with Crippen molar-refractivity contribution in [3.63, 3.8) is 0 Å². The van der Waals surface area contributed by atoms with E-state index >= 15 is 0 Å². The lowest BCUT2D eigenvalue weighted by Crippen LogP contribution is -2.19. The number of hydrogen-bond acceptors (Lipinski definition) is 3. The topological polar surface area (TPSA) is 101 Å². The average Bonchev–Trinajstić information content (AvgIpc) is 3.04. The molecule has 0 saturated carbocycles. The van der Waals surface area contributed by atoms with Crippen LogP contribution in [0.5, 0.6) is 0 Å². The number of nitrogens with two attached hydrogens (primary N) is 1. The third-order valence-corrected chi connectivity index (χ3v) is 3.57. The maximum absolute atomic E-state index is 12.1. The van der Waals surface area contributed by atoms with E-state index in [0.717, 1.165) is 16.7 Å². The number of carbonyl (C=O) groups is 2. The number of H-pyrrole nitrogens is 1. The predicted molar refractivity (Wildman–Crippen MR) is 91.3 cm³/mol. The Labute approximate surface area is 138 Å². The van der Waals surface area contributed by atoms with Crippen molar-refractivity contribution >= 4 is 17.6 Å². The molecule has 0 fully saturated rings. The highest BCUT2D eigenvalue weighted by atomic mass is 16.2. The third-order valence-electron chi connectivity index (χ3n) is 3.57. The molecule has 0 aliphatic heterocycles. The van der Waals surface area contributed by atoms with Crippen LogP contribution in [-0.2, 0) is 11.2 Å². The van der Waals surface area contributed by atoms with Crippen LogP contribution in [0.25, 0.3) is 11.1 Å².